The van der Waals surface area contributed by atoms with Crippen LogP contribution in [0.1, 0.15) is 20.8 Å². The van der Waals surface area contributed by atoms with Gasteiger partial charge in [-0.3, -0.25) is 0 Å². The lowest BCUT2D eigenvalue weighted by Gasteiger charge is -2.19. The van der Waals surface area contributed by atoms with Crippen LogP contribution in [0.5, 0.6) is 0 Å². The second-order valence-electron chi connectivity index (χ2n) is 3.81. The molecule has 0 aromatic rings. The van der Waals surface area contributed by atoms with Crippen molar-refractivity contribution in [3.05, 3.63) is 25.3 Å². The molecule has 0 aromatic carbocycles. The van der Waals surface area contributed by atoms with Crippen molar-refractivity contribution in [2.24, 2.45) is 0 Å². The van der Waals surface area contributed by atoms with Gasteiger partial charge >= 0.3 is 0 Å². The Morgan fingerprint density at radius 1 is 1.27 bits per heavy atom. The van der Waals surface area contributed by atoms with Crippen molar-refractivity contribution in [2.75, 3.05) is 0 Å². The summed E-state index contributed by atoms with van der Waals surface area (Å²) in [6.07, 6.45) is 3.62. The fourth-order valence-corrected chi connectivity index (χ4v) is 1.54. The van der Waals surface area contributed by atoms with E-state index in [4.69, 9.17) is 4.43 Å². The van der Waals surface area contributed by atoms with E-state index in [0.29, 0.717) is 5.04 Å². The van der Waals surface area contributed by atoms with Gasteiger partial charge in [-0.25, -0.2) is 0 Å². The van der Waals surface area contributed by atoms with E-state index in [2.05, 4.69) is 33.9 Å². The van der Waals surface area contributed by atoms with Crippen LogP contribution in [0.4, 0.5) is 0 Å². The second kappa shape index (κ2) is 4.52. The van der Waals surface area contributed by atoms with Gasteiger partial charge in [0.15, 0.2) is 9.76 Å². The van der Waals surface area contributed by atoms with Gasteiger partial charge in [0.05, 0.1) is 6.10 Å². The lowest BCUT2D eigenvalue weighted by atomic mass is 10.3. The minimum absolute atomic E-state index is 0.0564. The molecule has 0 saturated carbocycles. The Labute approximate surface area is 72.1 Å². The lowest BCUT2D eigenvalue weighted by Crippen LogP contribution is -2.17. The van der Waals surface area contributed by atoms with E-state index < -0.39 is 9.76 Å². The van der Waals surface area contributed by atoms with Crippen molar-refractivity contribution in [1.29, 1.82) is 0 Å². The maximum atomic E-state index is 5.61. The first-order chi connectivity index (χ1) is 4.99. The highest BCUT2D eigenvalue weighted by Crippen LogP contribution is 2.20. The third-order valence-electron chi connectivity index (χ3n) is 1.17. The molecule has 0 aliphatic heterocycles. The summed E-state index contributed by atoms with van der Waals surface area (Å²) in [5, 5.41) is 0.351. The van der Waals surface area contributed by atoms with Crippen LogP contribution in [0.25, 0.3) is 0 Å². The predicted octanol–water partition coefficient (Wildman–Crippen LogP) is 2.05. The maximum Gasteiger partial charge on any atom is 0.168 e. The molecule has 1 nitrogen and oxygen atoms in total. The molecule has 2 heteroatoms. The molecule has 0 N–H and O–H groups in total. The number of hydrogen-bond donors (Lipinski definition) is 0. The van der Waals surface area contributed by atoms with Crippen LogP contribution in [0.15, 0.2) is 25.3 Å². The highest BCUT2D eigenvalue weighted by molar-refractivity contribution is 6.31. The summed E-state index contributed by atoms with van der Waals surface area (Å²) in [4.78, 5) is 0. The largest absolute Gasteiger partial charge is 0.414 e. The molecule has 0 aliphatic carbocycles. The van der Waals surface area contributed by atoms with E-state index in [1.54, 1.807) is 12.2 Å². The number of rotatable bonds is 4. The zero-order valence-electron chi connectivity index (χ0n) is 7.76. The Bertz CT molecular complexity index is 127. The van der Waals surface area contributed by atoms with E-state index in [1.807, 2.05) is 0 Å². The molecule has 0 radical (unpaired) electrons. The van der Waals surface area contributed by atoms with Crippen molar-refractivity contribution < 1.29 is 4.43 Å². The summed E-state index contributed by atoms with van der Waals surface area (Å²) < 4.78 is 5.61. The van der Waals surface area contributed by atoms with Gasteiger partial charge in [-0.15, -0.1) is 13.2 Å². The van der Waals surface area contributed by atoms with Crippen molar-refractivity contribution in [3.8, 4) is 0 Å². The van der Waals surface area contributed by atoms with E-state index >= 15 is 0 Å². The van der Waals surface area contributed by atoms with Crippen LogP contribution in [0.2, 0.25) is 5.04 Å². The van der Waals surface area contributed by atoms with Gasteiger partial charge in [-0.2, -0.15) is 0 Å². The SMILES string of the molecule is C=CC(C=C)O[SiH2]C(C)(C)C. The van der Waals surface area contributed by atoms with Crippen LogP contribution < -0.4 is 0 Å². The van der Waals surface area contributed by atoms with Crippen LogP contribution in [-0.2, 0) is 4.43 Å². The molecule has 0 atom stereocenters. The minimum atomic E-state index is -0.462. The molecule has 0 saturated heterocycles. The van der Waals surface area contributed by atoms with E-state index in [1.165, 1.54) is 0 Å². The Hall–Kier alpha value is -0.343. The van der Waals surface area contributed by atoms with Crippen molar-refractivity contribution in [2.45, 2.75) is 31.9 Å². The van der Waals surface area contributed by atoms with Gasteiger partial charge in [0.1, 0.15) is 0 Å². The summed E-state index contributed by atoms with van der Waals surface area (Å²) in [6.45, 7) is 13.9. The molecule has 0 aromatic heterocycles. The third kappa shape index (κ3) is 6.07. The van der Waals surface area contributed by atoms with Crippen molar-refractivity contribution in [3.63, 3.8) is 0 Å². The molecule has 0 rings (SSSR count). The molecule has 64 valence electrons. The molecule has 0 aliphatic rings. The summed E-state index contributed by atoms with van der Waals surface area (Å²) in [7, 11) is -0.462. The normalized spacial score (nSPS) is 12.7. The third-order valence-corrected chi connectivity index (χ3v) is 2.59. The lowest BCUT2D eigenvalue weighted by molar-refractivity contribution is 0.300. The van der Waals surface area contributed by atoms with Crippen LogP contribution >= 0.6 is 0 Å². The van der Waals surface area contributed by atoms with Gasteiger partial charge < -0.3 is 4.43 Å². The van der Waals surface area contributed by atoms with E-state index in [0.717, 1.165) is 0 Å². The molecular weight excluding hydrogens is 152 g/mol. The molecule has 0 heterocycles. The summed E-state index contributed by atoms with van der Waals surface area (Å²) in [5.74, 6) is 0. The predicted molar refractivity (Wildman–Crippen MR) is 53.5 cm³/mol. The molecule has 0 bridgehead atoms. The monoisotopic (exact) mass is 170 g/mol. The minimum Gasteiger partial charge on any atom is -0.414 e. The topological polar surface area (TPSA) is 9.23 Å². The van der Waals surface area contributed by atoms with Gasteiger partial charge in [0.25, 0.3) is 0 Å². The fraction of sp³-hybridized carbons (Fsp3) is 0.556. The Morgan fingerprint density at radius 2 is 1.73 bits per heavy atom. The summed E-state index contributed by atoms with van der Waals surface area (Å²) in [5.41, 5.74) is 0. The number of hydrogen-bond acceptors (Lipinski definition) is 1. The summed E-state index contributed by atoms with van der Waals surface area (Å²) in [6, 6.07) is 0. The molecular formula is C9H18OSi. The highest BCUT2D eigenvalue weighted by Gasteiger charge is 2.12. The Balaban J connectivity index is 3.68. The van der Waals surface area contributed by atoms with Gasteiger partial charge in [-0.1, -0.05) is 32.9 Å². The van der Waals surface area contributed by atoms with Gasteiger partial charge in [-0.05, 0) is 5.04 Å². The standard InChI is InChI=1S/C9H18OSi/c1-6-8(7-2)10-11-9(3,4)5/h6-8H,1-2,11H2,3-5H3. The molecule has 0 unspecified atom stereocenters. The summed E-state index contributed by atoms with van der Waals surface area (Å²) >= 11 is 0. The molecule has 11 heavy (non-hydrogen) atoms. The molecule has 0 fully saturated rings. The first kappa shape index (κ1) is 10.7. The van der Waals surface area contributed by atoms with Crippen molar-refractivity contribution >= 4 is 9.76 Å². The Kier molecular flexibility index (Phi) is 4.38. The quantitative estimate of drug-likeness (QED) is 0.463. The fourth-order valence-electron chi connectivity index (χ4n) is 0.579. The van der Waals surface area contributed by atoms with Crippen molar-refractivity contribution in [1.82, 2.24) is 0 Å². The average molecular weight is 170 g/mol. The first-order valence-corrected chi connectivity index (χ1v) is 5.15. The molecule has 0 amide bonds. The van der Waals surface area contributed by atoms with Gasteiger partial charge in [0.2, 0.25) is 0 Å². The average Bonchev–Trinajstić information content (AvgIpc) is 1.88. The zero-order chi connectivity index (χ0) is 8.91. The Morgan fingerprint density at radius 3 is 2.00 bits per heavy atom. The van der Waals surface area contributed by atoms with E-state index in [9.17, 15) is 0 Å². The second-order valence-corrected chi connectivity index (χ2v) is 6.55. The smallest absolute Gasteiger partial charge is 0.168 e. The maximum absolute atomic E-state index is 5.61. The van der Waals surface area contributed by atoms with Crippen LogP contribution in [0.3, 0.4) is 0 Å². The molecule has 0 spiro atoms. The van der Waals surface area contributed by atoms with E-state index in [-0.39, 0.29) is 6.10 Å². The van der Waals surface area contributed by atoms with Gasteiger partial charge in [0, 0.05) is 0 Å². The first-order valence-electron chi connectivity index (χ1n) is 3.86. The van der Waals surface area contributed by atoms with Crippen LogP contribution in [-0.4, -0.2) is 15.9 Å². The zero-order valence-corrected chi connectivity index (χ0v) is 9.18. The van der Waals surface area contributed by atoms with Crippen LogP contribution in [0, 0.1) is 0 Å². The highest BCUT2D eigenvalue weighted by atomic mass is 28.2.